The van der Waals surface area contributed by atoms with Crippen LogP contribution in [0.15, 0.2) is 39.8 Å². The van der Waals surface area contributed by atoms with Crippen molar-refractivity contribution in [2.75, 3.05) is 0 Å². The molecule has 1 rings (SSSR count). The molecule has 1 nitrogen and oxygen atoms in total. The number of hydrogen-bond donors (Lipinski definition) is 1. The largest absolute Gasteiger partial charge is 0.324 e. The lowest BCUT2D eigenvalue weighted by Crippen LogP contribution is -2.08. The van der Waals surface area contributed by atoms with Gasteiger partial charge in [-0.05, 0) is 30.2 Å². The van der Waals surface area contributed by atoms with Gasteiger partial charge in [-0.2, -0.15) is 0 Å². The number of halogens is 3. The Hall–Kier alpha value is 0.170. The SMILES string of the molecule is C=CC[C@@H](N)c1cc(Br)cc(Br)c1.Cl. The molecule has 78 valence electrons. The molecule has 14 heavy (non-hydrogen) atoms. The first-order valence-corrected chi connectivity index (χ1v) is 5.54. The molecule has 1 aromatic rings. The second-order valence-corrected chi connectivity index (χ2v) is 4.67. The van der Waals surface area contributed by atoms with E-state index in [1.165, 1.54) is 0 Å². The van der Waals surface area contributed by atoms with Crippen molar-refractivity contribution in [1.29, 1.82) is 0 Å². The van der Waals surface area contributed by atoms with Gasteiger partial charge in [0.15, 0.2) is 0 Å². The summed E-state index contributed by atoms with van der Waals surface area (Å²) in [7, 11) is 0. The summed E-state index contributed by atoms with van der Waals surface area (Å²) in [5.41, 5.74) is 7.04. The summed E-state index contributed by atoms with van der Waals surface area (Å²) in [6.07, 6.45) is 2.63. The van der Waals surface area contributed by atoms with Crippen LogP contribution in [0.4, 0.5) is 0 Å². The molecular weight excluding hydrogens is 329 g/mol. The van der Waals surface area contributed by atoms with Crippen LogP contribution in [0.3, 0.4) is 0 Å². The Balaban J connectivity index is 0.00000169. The second kappa shape index (κ2) is 6.62. The van der Waals surface area contributed by atoms with Crippen molar-refractivity contribution in [2.45, 2.75) is 12.5 Å². The Morgan fingerprint density at radius 1 is 1.29 bits per heavy atom. The van der Waals surface area contributed by atoms with Crippen molar-refractivity contribution in [3.05, 3.63) is 45.4 Å². The molecule has 0 fully saturated rings. The Morgan fingerprint density at radius 3 is 2.21 bits per heavy atom. The Kier molecular flexibility index (Phi) is 6.70. The summed E-state index contributed by atoms with van der Waals surface area (Å²) in [5.74, 6) is 0. The van der Waals surface area contributed by atoms with Gasteiger partial charge in [-0.15, -0.1) is 19.0 Å². The molecule has 0 saturated carbocycles. The van der Waals surface area contributed by atoms with Gasteiger partial charge in [-0.3, -0.25) is 0 Å². The van der Waals surface area contributed by atoms with Crippen LogP contribution in [-0.4, -0.2) is 0 Å². The van der Waals surface area contributed by atoms with Crippen LogP contribution < -0.4 is 5.73 Å². The van der Waals surface area contributed by atoms with Crippen molar-refractivity contribution in [2.24, 2.45) is 5.73 Å². The van der Waals surface area contributed by atoms with Crippen molar-refractivity contribution < 1.29 is 0 Å². The minimum Gasteiger partial charge on any atom is -0.324 e. The molecule has 1 aromatic carbocycles. The quantitative estimate of drug-likeness (QED) is 0.819. The van der Waals surface area contributed by atoms with E-state index >= 15 is 0 Å². The van der Waals surface area contributed by atoms with Gasteiger partial charge < -0.3 is 5.73 Å². The highest BCUT2D eigenvalue weighted by Crippen LogP contribution is 2.24. The predicted octanol–water partition coefficient (Wildman–Crippen LogP) is 4.21. The van der Waals surface area contributed by atoms with E-state index in [-0.39, 0.29) is 18.4 Å². The van der Waals surface area contributed by atoms with Gasteiger partial charge in [-0.25, -0.2) is 0 Å². The Bertz CT molecular complexity index is 295. The molecule has 0 aliphatic carbocycles. The molecule has 0 bridgehead atoms. The monoisotopic (exact) mass is 339 g/mol. The zero-order chi connectivity index (χ0) is 9.84. The zero-order valence-electron chi connectivity index (χ0n) is 7.54. The van der Waals surface area contributed by atoms with Crippen LogP contribution in [0.2, 0.25) is 0 Å². The molecule has 0 aliphatic rings. The predicted molar refractivity (Wildman–Crippen MR) is 70.8 cm³/mol. The first-order valence-electron chi connectivity index (χ1n) is 3.96. The van der Waals surface area contributed by atoms with E-state index in [1.54, 1.807) is 0 Å². The van der Waals surface area contributed by atoms with E-state index in [0.717, 1.165) is 20.9 Å². The topological polar surface area (TPSA) is 26.0 Å². The molecule has 0 aromatic heterocycles. The van der Waals surface area contributed by atoms with E-state index in [2.05, 4.69) is 38.4 Å². The molecule has 0 saturated heterocycles. The van der Waals surface area contributed by atoms with Gasteiger partial charge in [0.25, 0.3) is 0 Å². The Morgan fingerprint density at radius 2 is 1.79 bits per heavy atom. The van der Waals surface area contributed by atoms with Crippen LogP contribution in [0, 0.1) is 0 Å². The first-order chi connectivity index (χ1) is 6.13. The zero-order valence-corrected chi connectivity index (χ0v) is 11.5. The highest BCUT2D eigenvalue weighted by Gasteiger charge is 2.05. The maximum absolute atomic E-state index is 5.93. The highest BCUT2D eigenvalue weighted by atomic mass is 79.9. The average Bonchev–Trinajstić information content (AvgIpc) is 2.03. The van der Waals surface area contributed by atoms with E-state index in [4.69, 9.17) is 5.73 Å². The number of nitrogens with two attached hydrogens (primary N) is 1. The van der Waals surface area contributed by atoms with Crippen LogP contribution in [0.25, 0.3) is 0 Å². The summed E-state index contributed by atoms with van der Waals surface area (Å²) in [4.78, 5) is 0. The molecule has 0 spiro atoms. The molecular formula is C10H12Br2ClN. The minimum absolute atomic E-state index is 0. The molecule has 0 aliphatic heterocycles. The maximum atomic E-state index is 5.93. The van der Waals surface area contributed by atoms with E-state index < -0.39 is 0 Å². The summed E-state index contributed by atoms with van der Waals surface area (Å²) >= 11 is 6.84. The molecule has 0 unspecified atom stereocenters. The first kappa shape index (κ1) is 14.2. The maximum Gasteiger partial charge on any atom is 0.0330 e. The summed E-state index contributed by atoms with van der Waals surface area (Å²) in [6, 6.07) is 6.08. The fourth-order valence-corrected chi connectivity index (χ4v) is 2.43. The van der Waals surface area contributed by atoms with Gasteiger partial charge >= 0.3 is 0 Å². The molecule has 4 heteroatoms. The van der Waals surface area contributed by atoms with Crippen LogP contribution in [-0.2, 0) is 0 Å². The minimum atomic E-state index is 0. The van der Waals surface area contributed by atoms with E-state index in [9.17, 15) is 0 Å². The molecule has 0 heterocycles. The lowest BCUT2D eigenvalue weighted by Gasteiger charge is -2.10. The third-order valence-corrected chi connectivity index (χ3v) is 2.65. The summed E-state index contributed by atoms with van der Waals surface area (Å²) < 4.78 is 2.08. The standard InChI is InChI=1S/C10H11Br2N.ClH/c1-2-3-10(13)7-4-8(11)6-9(12)5-7;/h2,4-6,10H,1,3,13H2;1H/t10-;/m1./s1. The molecule has 0 amide bonds. The number of benzene rings is 1. The van der Waals surface area contributed by atoms with Crippen molar-refractivity contribution in [1.82, 2.24) is 0 Å². The van der Waals surface area contributed by atoms with Gasteiger partial charge in [0.05, 0.1) is 0 Å². The lowest BCUT2D eigenvalue weighted by molar-refractivity contribution is 0.741. The fraction of sp³-hybridized carbons (Fsp3) is 0.200. The third-order valence-electron chi connectivity index (χ3n) is 1.73. The molecule has 1 atom stereocenters. The van der Waals surface area contributed by atoms with Gasteiger partial charge in [0.2, 0.25) is 0 Å². The van der Waals surface area contributed by atoms with Crippen molar-refractivity contribution in [3.63, 3.8) is 0 Å². The third kappa shape index (κ3) is 4.13. The van der Waals surface area contributed by atoms with Crippen LogP contribution in [0.5, 0.6) is 0 Å². The number of rotatable bonds is 3. The normalized spacial score (nSPS) is 11.6. The highest BCUT2D eigenvalue weighted by molar-refractivity contribution is 9.11. The Labute approximate surface area is 107 Å². The molecule has 2 N–H and O–H groups in total. The van der Waals surface area contributed by atoms with E-state index in [0.29, 0.717) is 0 Å². The van der Waals surface area contributed by atoms with E-state index in [1.807, 2.05) is 24.3 Å². The van der Waals surface area contributed by atoms with Gasteiger partial charge in [0, 0.05) is 15.0 Å². The fourth-order valence-electron chi connectivity index (χ4n) is 1.10. The van der Waals surface area contributed by atoms with Crippen molar-refractivity contribution in [3.8, 4) is 0 Å². The second-order valence-electron chi connectivity index (χ2n) is 2.83. The summed E-state index contributed by atoms with van der Waals surface area (Å²) in [5, 5.41) is 0. The van der Waals surface area contributed by atoms with Gasteiger partial charge in [0.1, 0.15) is 0 Å². The molecule has 0 radical (unpaired) electrons. The van der Waals surface area contributed by atoms with Crippen LogP contribution in [0.1, 0.15) is 18.0 Å². The lowest BCUT2D eigenvalue weighted by atomic mass is 10.1. The number of hydrogen-bond acceptors (Lipinski definition) is 1. The summed E-state index contributed by atoms with van der Waals surface area (Å²) in [6.45, 7) is 3.67. The van der Waals surface area contributed by atoms with Crippen LogP contribution >= 0.6 is 44.3 Å². The average molecular weight is 341 g/mol. The van der Waals surface area contributed by atoms with Gasteiger partial charge in [-0.1, -0.05) is 37.9 Å². The smallest absolute Gasteiger partial charge is 0.0330 e. The van der Waals surface area contributed by atoms with Crippen molar-refractivity contribution >= 4 is 44.3 Å².